The molecule has 0 fully saturated rings. The summed E-state index contributed by atoms with van der Waals surface area (Å²) in [5.41, 5.74) is 3.88. The zero-order chi connectivity index (χ0) is 13.1. The van der Waals surface area contributed by atoms with Crippen LogP contribution in [-0.2, 0) is 6.54 Å². The van der Waals surface area contributed by atoms with E-state index in [1.54, 1.807) is 13.0 Å². The van der Waals surface area contributed by atoms with Crippen molar-refractivity contribution >= 4 is 21.6 Å². The second-order valence-corrected chi connectivity index (χ2v) is 5.20. The molecule has 94 valence electrons. The van der Waals surface area contributed by atoms with Crippen molar-refractivity contribution in [3.05, 3.63) is 63.4 Å². The van der Waals surface area contributed by atoms with E-state index in [0.717, 1.165) is 10.2 Å². The van der Waals surface area contributed by atoms with Gasteiger partial charge in [0.25, 0.3) is 0 Å². The fraction of sp³-hybridized carbons (Fsp3) is 0.200. The van der Waals surface area contributed by atoms with E-state index in [1.807, 2.05) is 12.1 Å². The van der Waals surface area contributed by atoms with Crippen molar-refractivity contribution in [2.75, 3.05) is 5.32 Å². The van der Waals surface area contributed by atoms with Gasteiger partial charge in [-0.05, 0) is 43.2 Å². The Morgan fingerprint density at radius 3 is 2.67 bits per heavy atom. The van der Waals surface area contributed by atoms with Crippen molar-refractivity contribution in [2.24, 2.45) is 0 Å². The molecule has 0 unspecified atom stereocenters. The summed E-state index contributed by atoms with van der Waals surface area (Å²) in [4.78, 5) is 0. The zero-order valence-corrected chi connectivity index (χ0v) is 12.0. The van der Waals surface area contributed by atoms with Crippen molar-refractivity contribution in [3.8, 4) is 0 Å². The number of hydrogen-bond donors (Lipinski definition) is 1. The van der Waals surface area contributed by atoms with Crippen LogP contribution >= 0.6 is 15.9 Å². The lowest BCUT2D eigenvalue weighted by molar-refractivity contribution is 0.619. The largest absolute Gasteiger partial charge is 0.381 e. The van der Waals surface area contributed by atoms with Crippen LogP contribution in [0.1, 0.15) is 16.7 Å². The first-order chi connectivity index (χ1) is 8.58. The number of anilines is 1. The number of halogens is 2. The van der Waals surface area contributed by atoms with Gasteiger partial charge in [0.2, 0.25) is 0 Å². The highest BCUT2D eigenvalue weighted by Crippen LogP contribution is 2.20. The summed E-state index contributed by atoms with van der Waals surface area (Å²) in [6, 6.07) is 11.3. The number of benzene rings is 2. The van der Waals surface area contributed by atoms with Crippen LogP contribution in [0.5, 0.6) is 0 Å². The monoisotopic (exact) mass is 307 g/mol. The molecule has 0 saturated heterocycles. The van der Waals surface area contributed by atoms with Gasteiger partial charge < -0.3 is 5.32 Å². The zero-order valence-electron chi connectivity index (χ0n) is 10.4. The van der Waals surface area contributed by atoms with Crippen molar-refractivity contribution in [1.82, 2.24) is 0 Å². The Kier molecular flexibility index (Phi) is 4.02. The lowest BCUT2D eigenvalue weighted by atomic mass is 10.1. The van der Waals surface area contributed by atoms with Crippen LogP contribution in [0.2, 0.25) is 0 Å². The molecule has 0 amide bonds. The Labute approximate surface area is 115 Å². The summed E-state index contributed by atoms with van der Waals surface area (Å²) in [5.74, 6) is -0.174. The Morgan fingerprint density at radius 1 is 1.17 bits per heavy atom. The van der Waals surface area contributed by atoms with E-state index in [1.165, 1.54) is 17.2 Å². The van der Waals surface area contributed by atoms with E-state index < -0.39 is 0 Å². The smallest absolute Gasteiger partial charge is 0.128 e. The molecule has 1 N–H and O–H groups in total. The van der Waals surface area contributed by atoms with Gasteiger partial charge in [0.15, 0.2) is 0 Å². The average Bonchev–Trinajstić information content (AvgIpc) is 2.35. The molecule has 3 heteroatoms. The minimum absolute atomic E-state index is 0.174. The van der Waals surface area contributed by atoms with Gasteiger partial charge in [0.1, 0.15) is 5.82 Å². The van der Waals surface area contributed by atoms with Crippen molar-refractivity contribution in [2.45, 2.75) is 20.4 Å². The van der Waals surface area contributed by atoms with Gasteiger partial charge in [-0.1, -0.05) is 34.1 Å². The summed E-state index contributed by atoms with van der Waals surface area (Å²) < 4.78 is 14.5. The molecule has 0 aromatic heterocycles. The Morgan fingerprint density at radius 2 is 1.94 bits per heavy atom. The van der Waals surface area contributed by atoms with Crippen LogP contribution in [0.4, 0.5) is 10.1 Å². The predicted molar refractivity (Wildman–Crippen MR) is 77.3 cm³/mol. The SMILES string of the molecule is Cc1cc(CNc2cccc(F)c2C)ccc1Br. The van der Waals surface area contributed by atoms with Crippen molar-refractivity contribution < 1.29 is 4.39 Å². The van der Waals surface area contributed by atoms with Gasteiger partial charge >= 0.3 is 0 Å². The third-order valence-corrected chi connectivity index (χ3v) is 3.86. The predicted octanol–water partition coefficient (Wildman–Crippen LogP) is 4.82. The first kappa shape index (κ1) is 13.1. The molecule has 18 heavy (non-hydrogen) atoms. The van der Waals surface area contributed by atoms with Crippen LogP contribution in [-0.4, -0.2) is 0 Å². The van der Waals surface area contributed by atoms with E-state index in [0.29, 0.717) is 12.1 Å². The average molecular weight is 308 g/mol. The molecule has 0 aliphatic rings. The third kappa shape index (κ3) is 2.91. The molecular weight excluding hydrogens is 293 g/mol. The molecule has 0 radical (unpaired) electrons. The molecule has 0 atom stereocenters. The summed E-state index contributed by atoms with van der Waals surface area (Å²) >= 11 is 3.48. The van der Waals surface area contributed by atoms with E-state index >= 15 is 0 Å². The van der Waals surface area contributed by atoms with Crippen LogP contribution in [0.25, 0.3) is 0 Å². The molecule has 0 aliphatic carbocycles. The van der Waals surface area contributed by atoms with Gasteiger partial charge in [0, 0.05) is 22.3 Å². The highest BCUT2D eigenvalue weighted by Gasteiger charge is 2.03. The topological polar surface area (TPSA) is 12.0 Å². The maximum atomic E-state index is 13.4. The third-order valence-electron chi connectivity index (χ3n) is 2.97. The fourth-order valence-electron chi connectivity index (χ4n) is 1.81. The molecule has 0 heterocycles. The molecule has 2 aromatic carbocycles. The second kappa shape index (κ2) is 5.53. The fourth-order valence-corrected chi connectivity index (χ4v) is 2.06. The van der Waals surface area contributed by atoms with Gasteiger partial charge in [-0.25, -0.2) is 4.39 Å². The number of aryl methyl sites for hydroxylation is 1. The van der Waals surface area contributed by atoms with E-state index in [4.69, 9.17) is 0 Å². The Bertz CT molecular complexity index is 566. The minimum atomic E-state index is -0.174. The number of nitrogens with one attached hydrogen (secondary N) is 1. The number of rotatable bonds is 3. The minimum Gasteiger partial charge on any atom is -0.381 e. The number of hydrogen-bond acceptors (Lipinski definition) is 1. The van der Waals surface area contributed by atoms with Crippen LogP contribution < -0.4 is 5.32 Å². The molecule has 2 aromatic rings. The lowest BCUT2D eigenvalue weighted by Crippen LogP contribution is -2.02. The summed E-state index contributed by atoms with van der Waals surface area (Å²) in [6.45, 7) is 4.53. The summed E-state index contributed by atoms with van der Waals surface area (Å²) in [7, 11) is 0. The Balaban J connectivity index is 2.11. The van der Waals surface area contributed by atoms with Gasteiger partial charge in [-0.15, -0.1) is 0 Å². The highest BCUT2D eigenvalue weighted by atomic mass is 79.9. The molecule has 1 nitrogen and oxygen atoms in total. The van der Waals surface area contributed by atoms with E-state index in [9.17, 15) is 4.39 Å². The highest BCUT2D eigenvalue weighted by molar-refractivity contribution is 9.10. The summed E-state index contributed by atoms with van der Waals surface area (Å²) in [6.07, 6.45) is 0. The van der Waals surface area contributed by atoms with Crippen LogP contribution in [0.3, 0.4) is 0 Å². The first-order valence-electron chi connectivity index (χ1n) is 5.82. The molecule has 0 saturated carbocycles. The maximum absolute atomic E-state index is 13.4. The van der Waals surface area contributed by atoms with E-state index in [-0.39, 0.29) is 5.82 Å². The van der Waals surface area contributed by atoms with E-state index in [2.05, 4.69) is 40.3 Å². The second-order valence-electron chi connectivity index (χ2n) is 4.35. The van der Waals surface area contributed by atoms with Gasteiger partial charge in [-0.3, -0.25) is 0 Å². The first-order valence-corrected chi connectivity index (χ1v) is 6.61. The van der Waals surface area contributed by atoms with Crippen LogP contribution in [0.15, 0.2) is 40.9 Å². The van der Waals surface area contributed by atoms with Crippen molar-refractivity contribution in [1.29, 1.82) is 0 Å². The van der Waals surface area contributed by atoms with Gasteiger partial charge in [0.05, 0.1) is 0 Å². The molecule has 0 bridgehead atoms. The van der Waals surface area contributed by atoms with Crippen molar-refractivity contribution in [3.63, 3.8) is 0 Å². The lowest BCUT2D eigenvalue weighted by Gasteiger charge is -2.11. The standard InChI is InChI=1S/C15H15BrFN/c1-10-8-12(6-7-13(10)16)9-18-15-5-3-4-14(17)11(15)2/h3-8,18H,9H2,1-2H3. The quantitative estimate of drug-likeness (QED) is 0.857. The summed E-state index contributed by atoms with van der Waals surface area (Å²) in [5, 5.41) is 3.26. The van der Waals surface area contributed by atoms with Gasteiger partial charge in [-0.2, -0.15) is 0 Å². The Hall–Kier alpha value is -1.35. The van der Waals surface area contributed by atoms with Crippen LogP contribution in [0, 0.1) is 19.7 Å². The molecule has 0 aliphatic heterocycles. The molecular formula is C15H15BrFN. The molecule has 2 rings (SSSR count). The normalized spacial score (nSPS) is 10.4. The molecule has 0 spiro atoms. The maximum Gasteiger partial charge on any atom is 0.128 e.